The van der Waals surface area contributed by atoms with E-state index in [-0.39, 0.29) is 0 Å². The molecule has 2 aromatic carbocycles. The Hall–Kier alpha value is -2.02. The molecule has 1 heterocycles. The zero-order chi connectivity index (χ0) is 11.5. The van der Waals surface area contributed by atoms with Crippen LogP contribution in [0.15, 0.2) is 66.9 Å². The summed E-state index contributed by atoms with van der Waals surface area (Å²) in [5.74, 6) is 0. The van der Waals surface area contributed by atoms with Crippen molar-refractivity contribution in [3.63, 3.8) is 0 Å². The SMILES string of the molecule is C1=C(c2ccccc2)CCN1c1ccccc1. The van der Waals surface area contributed by atoms with Gasteiger partial charge in [-0.3, -0.25) is 0 Å². The van der Waals surface area contributed by atoms with Crippen molar-refractivity contribution in [2.24, 2.45) is 0 Å². The lowest BCUT2D eigenvalue weighted by Gasteiger charge is -2.14. The molecule has 17 heavy (non-hydrogen) atoms. The zero-order valence-corrected chi connectivity index (χ0v) is 9.71. The number of benzene rings is 2. The third-order valence-corrected chi connectivity index (χ3v) is 3.17. The van der Waals surface area contributed by atoms with Gasteiger partial charge in [-0.2, -0.15) is 0 Å². The van der Waals surface area contributed by atoms with Crippen molar-refractivity contribution in [1.82, 2.24) is 0 Å². The molecule has 84 valence electrons. The van der Waals surface area contributed by atoms with E-state index in [1.807, 2.05) is 0 Å². The molecule has 0 N–H and O–H groups in total. The lowest BCUT2D eigenvalue weighted by atomic mass is 10.1. The van der Waals surface area contributed by atoms with Crippen molar-refractivity contribution in [3.8, 4) is 0 Å². The van der Waals surface area contributed by atoms with Gasteiger partial charge in [-0.25, -0.2) is 0 Å². The first kappa shape index (κ1) is 10.2. The van der Waals surface area contributed by atoms with E-state index in [1.165, 1.54) is 16.8 Å². The van der Waals surface area contributed by atoms with Crippen LogP contribution in [0.4, 0.5) is 5.69 Å². The van der Waals surface area contributed by atoms with Gasteiger partial charge in [0.05, 0.1) is 0 Å². The van der Waals surface area contributed by atoms with Crippen LogP contribution >= 0.6 is 0 Å². The van der Waals surface area contributed by atoms with Crippen LogP contribution in [0, 0.1) is 0 Å². The molecule has 0 atom stereocenters. The van der Waals surface area contributed by atoms with Gasteiger partial charge < -0.3 is 4.90 Å². The number of hydrogen-bond acceptors (Lipinski definition) is 1. The molecule has 1 heteroatoms. The summed E-state index contributed by atoms with van der Waals surface area (Å²) in [6.07, 6.45) is 3.39. The number of rotatable bonds is 2. The summed E-state index contributed by atoms with van der Waals surface area (Å²) in [6, 6.07) is 21.2. The fraction of sp³-hybridized carbons (Fsp3) is 0.125. The highest BCUT2D eigenvalue weighted by atomic mass is 15.1. The molecule has 0 saturated carbocycles. The van der Waals surface area contributed by atoms with Crippen LogP contribution in [0.2, 0.25) is 0 Å². The van der Waals surface area contributed by atoms with Crippen molar-refractivity contribution in [2.75, 3.05) is 11.4 Å². The highest BCUT2D eigenvalue weighted by Gasteiger charge is 2.14. The number of anilines is 1. The fourth-order valence-corrected chi connectivity index (χ4v) is 2.25. The quantitative estimate of drug-likeness (QED) is 0.742. The summed E-state index contributed by atoms with van der Waals surface area (Å²) in [4.78, 5) is 2.32. The normalized spacial score (nSPS) is 14.8. The molecule has 0 aliphatic carbocycles. The van der Waals surface area contributed by atoms with Crippen LogP contribution in [0.3, 0.4) is 0 Å². The molecule has 0 fully saturated rings. The Bertz CT molecular complexity index is 514. The van der Waals surface area contributed by atoms with Crippen LogP contribution in [0.25, 0.3) is 5.57 Å². The molecule has 1 aliphatic rings. The van der Waals surface area contributed by atoms with Crippen LogP contribution in [0.5, 0.6) is 0 Å². The predicted octanol–water partition coefficient (Wildman–Crippen LogP) is 3.94. The number of para-hydroxylation sites is 1. The van der Waals surface area contributed by atoms with Crippen molar-refractivity contribution in [1.29, 1.82) is 0 Å². The molecule has 0 aromatic heterocycles. The molecule has 0 radical (unpaired) electrons. The number of nitrogens with zero attached hydrogens (tertiary/aromatic N) is 1. The van der Waals surface area contributed by atoms with Gasteiger partial charge in [-0.1, -0.05) is 48.5 Å². The molecular formula is C16H15N. The van der Waals surface area contributed by atoms with Crippen LogP contribution < -0.4 is 4.90 Å². The molecule has 0 amide bonds. The Labute approximate surface area is 102 Å². The largest absolute Gasteiger partial charge is 0.347 e. The second kappa shape index (κ2) is 4.46. The number of hydrogen-bond donors (Lipinski definition) is 0. The Balaban J connectivity index is 1.87. The molecular weight excluding hydrogens is 206 g/mol. The second-order valence-electron chi connectivity index (χ2n) is 4.30. The zero-order valence-electron chi connectivity index (χ0n) is 9.71. The average Bonchev–Trinajstić information content (AvgIpc) is 2.90. The average molecular weight is 221 g/mol. The van der Waals surface area contributed by atoms with Gasteiger partial charge >= 0.3 is 0 Å². The Morgan fingerprint density at radius 1 is 0.765 bits per heavy atom. The van der Waals surface area contributed by atoms with Crippen LogP contribution in [-0.4, -0.2) is 6.54 Å². The minimum atomic E-state index is 1.08. The highest BCUT2D eigenvalue weighted by molar-refractivity contribution is 5.72. The van der Waals surface area contributed by atoms with E-state index in [4.69, 9.17) is 0 Å². The van der Waals surface area contributed by atoms with Crippen molar-refractivity contribution < 1.29 is 0 Å². The Morgan fingerprint density at radius 2 is 1.41 bits per heavy atom. The van der Waals surface area contributed by atoms with Gasteiger partial charge in [-0.05, 0) is 29.7 Å². The molecule has 3 rings (SSSR count). The topological polar surface area (TPSA) is 3.24 Å². The Kier molecular flexibility index (Phi) is 2.66. The monoisotopic (exact) mass is 221 g/mol. The van der Waals surface area contributed by atoms with E-state index in [9.17, 15) is 0 Å². The van der Waals surface area contributed by atoms with Gasteiger partial charge in [0.25, 0.3) is 0 Å². The summed E-state index contributed by atoms with van der Waals surface area (Å²) in [5, 5.41) is 0. The molecule has 2 aromatic rings. The first-order valence-electron chi connectivity index (χ1n) is 6.01. The predicted molar refractivity (Wildman–Crippen MR) is 72.8 cm³/mol. The fourth-order valence-electron chi connectivity index (χ4n) is 2.25. The second-order valence-corrected chi connectivity index (χ2v) is 4.30. The summed E-state index contributed by atoms with van der Waals surface area (Å²) in [6.45, 7) is 1.08. The molecule has 1 nitrogen and oxygen atoms in total. The molecule has 0 spiro atoms. The highest BCUT2D eigenvalue weighted by Crippen LogP contribution is 2.28. The van der Waals surface area contributed by atoms with E-state index in [0.717, 1.165) is 13.0 Å². The minimum Gasteiger partial charge on any atom is -0.347 e. The van der Waals surface area contributed by atoms with E-state index < -0.39 is 0 Å². The smallest absolute Gasteiger partial charge is 0.0406 e. The van der Waals surface area contributed by atoms with Crippen molar-refractivity contribution in [2.45, 2.75) is 6.42 Å². The lowest BCUT2D eigenvalue weighted by molar-refractivity contribution is 1.00. The van der Waals surface area contributed by atoms with Crippen LogP contribution in [-0.2, 0) is 0 Å². The summed E-state index contributed by atoms with van der Waals surface area (Å²) in [5.41, 5.74) is 4.04. The molecule has 0 bridgehead atoms. The third-order valence-electron chi connectivity index (χ3n) is 3.17. The third kappa shape index (κ3) is 2.09. The Morgan fingerprint density at radius 3 is 2.12 bits per heavy atom. The first-order valence-corrected chi connectivity index (χ1v) is 6.01. The van der Waals surface area contributed by atoms with Gasteiger partial charge in [-0.15, -0.1) is 0 Å². The van der Waals surface area contributed by atoms with Crippen molar-refractivity contribution in [3.05, 3.63) is 72.4 Å². The van der Waals surface area contributed by atoms with Gasteiger partial charge in [0.15, 0.2) is 0 Å². The maximum absolute atomic E-state index is 2.32. The standard InChI is InChI=1S/C16H15N/c1-3-7-14(8-4-1)15-11-12-17(13-15)16-9-5-2-6-10-16/h1-10,13H,11-12H2. The maximum atomic E-state index is 2.32. The van der Waals surface area contributed by atoms with E-state index in [0.29, 0.717) is 0 Å². The summed E-state index contributed by atoms with van der Waals surface area (Å²) in [7, 11) is 0. The van der Waals surface area contributed by atoms with Crippen LogP contribution in [0.1, 0.15) is 12.0 Å². The summed E-state index contributed by atoms with van der Waals surface area (Å²) < 4.78 is 0. The molecule has 1 aliphatic heterocycles. The van der Waals surface area contributed by atoms with Crippen molar-refractivity contribution >= 4 is 11.3 Å². The van der Waals surface area contributed by atoms with E-state index in [1.54, 1.807) is 0 Å². The lowest BCUT2D eigenvalue weighted by Crippen LogP contribution is -2.11. The van der Waals surface area contributed by atoms with E-state index >= 15 is 0 Å². The van der Waals surface area contributed by atoms with Gasteiger partial charge in [0.1, 0.15) is 0 Å². The maximum Gasteiger partial charge on any atom is 0.0406 e. The molecule has 0 saturated heterocycles. The molecule has 0 unspecified atom stereocenters. The van der Waals surface area contributed by atoms with E-state index in [2.05, 4.69) is 71.8 Å². The van der Waals surface area contributed by atoms with Gasteiger partial charge in [0.2, 0.25) is 0 Å². The first-order chi connectivity index (χ1) is 8.43. The summed E-state index contributed by atoms with van der Waals surface area (Å²) >= 11 is 0. The minimum absolute atomic E-state index is 1.08. The van der Waals surface area contributed by atoms with Gasteiger partial charge in [0, 0.05) is 18.4 Å².